The lowest BCUT2D eigenvalue weighted by Gasteiger charge is -2.26. The predicted molar refractivity (Wildman–Crippen MR) is 150 cm³/mol. The van der Waals surface area contributed by atoms with Crippen LogP contribution in [0.1, 0.15) is 65.2 Å². The van der Waals surface area contributed by atoms with Crippen LogP contribution in [0.3, 0.4) is 0 Å². The number of carbonyl (C=O) groups excluding carboxylic acids is 2. The van der Waals surface area contributed by atoms with Crippen molar-refractivity contribution in [3.63, 3.8) is 0 Å². The van der Waals surface area contributed by atoms with E-state index < -0.39 is 5.92 Å². The van der Waals surface area contributed by atoms with Gasteiger partial charge in [-0.1, -0.05) is 30.7 Å². The summed E-state index contributed by atoms with van der Waals surface area (Å²) in [6, 6.07) is 20.9. The number of hydrogen-bond acceptors (Lipinski definition) is 5. The molecule has 0 saturated carbocycles. The third-order valence-electron chi connectivity index (χ3n) is 7.29. The number of carbonyl (C=O) groups is 2. The van der Waals surface area contributed by atoms with Crippen molar-refractivity contribution in [2.75, 3.05) is 25.5 Å². The number of nitrogens with one attached hydrogen (secondary N) is 2. The maximum atomic E-state index is 13.0. The molecule has 7 nitrogen and oxygen atoms in total. The van der Waals surface area contributed by atoms with E-state index in [1.54, 1.807) is 31.5 Å². The second kappa shape index (κ2) is 11.6. The van der Waals surface area contributed by atoms with E-state index in [0.717, 1.165) is 42.2 Å². The van der Waals surface area contributed by atoms with E-state index in [1.165, 1.54) is 24.8 Å². The van der Waals surface area contributed by atoms with Gasteiger partial charge in [-0.3, -0.25) is 19.5 Å². The van der Waals surface area contributed by atoms with Crippen molar-refractivity contribution in [2.45, 2.75) is 44.7 Å². The molecule has 1 fully saturated rings. The Morgan fingerprint density at radius 1 is 1.11 bits per heavy atom. The number of rotatable bonds is 8. The first-order valence-corrected chi connectivity index (χ1v) is 13.3. The SMILES string of the molecule is COc1cccc(C(C)NC(=O)c2ccc3c(c2)C(C=Nc2ccc(CN4CCCCC4)cc2)C(=O)N3)c1. The highest BCUT2D eigenvalue weighted by Crippen LogP contribution is 2.33. The number of piperidine rings is 1. The molecule has 2 N–H and O–H groups in total. The third kappa shape index (κ3) is 5.94. The van der Waals surface area contributed by atoms with Crippen LogP contribution in [0.25, 0.3) is 0 Å². The topological polar surface area (TPSA) is 83.0 Å². The number of benzene rings is 3. The van der Waals surface area contributed by atoms with Crippen LogP contribution in [-0.2, 0) is 11.3 Å². The molecule has 2 atom stereocenters. The Morgan fingerprint density at radius 3 is 2.66 bits per heavy atom. The lowest BCUT2D eigenvalue weighted by Crippen LogP contribution is -2.28. The summed E-state index contributed by atoms with van der Waals surface area (Å²) < 4.78 is 5.29. The molecule has 7 heteroatoms. The number of nitrogens with zero attached hydrogens (tertiary/aromatic N) is 2. The fourth-order valence-electron chi connectivity index (χ4n) is 5.07. The van der Waals surface area contributed by atoms with Gasteiger partial charge in [0.05, 0.1) is 18.8 Å². The molecular weight excluding hydrogens is 476 g/mol. The monoisotopic (exact) mass is 510 g/mol. The van der Waals surface area contributed by atoms with E-state index in [2.05, 4.69) is 32.7 Å². The van der Waals surface area contributed by atoms with Gasteiger partial charge in [0.2, 0.25) is 5.91 Å². The Kier molecular flexibility index (Phi) is 7.84. The molecule has 2 aliphatic rings. The number of amides is 2. The smallest absolute Gasteiger partial charge is 0.251 e. The maximum Gasteiger partial charge on any atom is 0.251 e. The first-order valence-electron chi connectivity index (χ1n) is 13.3. The minimum Gasteiger partial charge on any atom is -0.497 e. The summed E-state index contributed by atoms with van der Waals surface area (Å²) in [5, 5.41) is 5.94. The Balaban J connectivity index is 1.26. The van der Waals surface area contributed by atoms with Crippen LogP contribution in [0, 0.1) is 0 Å². The Bertz CT molecular complexity index is 1330. The zero-order chi connectivity index (χ0) is 26.5. The zero-order valence-corrected chi connectivity index (χ0v) is 21.9. The van der Waals surface area contributed by atoms with Gasteiger partial charge in [-0.15, -0.1) is 0 Å². The Hall–Kier alpha value is -3.97. The second-order valence-electron chi connectivity index (χ2n) is 10.0. The average Bonchev–Trinajstić information content (AvgIpc) is 3.27. The van der Waals surface area contributed by atoms with Crippen molar-refractivity contribution >= 4 is 29.4 Å². The van der Waals surface area contributed by atoms with Crippen LogP contribution in [0.4, 0.5) is 11.4 Å². The fraction of sp³-hybridized carbons (Fsp3) is 0.323. The molecule has 1 saturated heterocycles. The van der Waals surface area contributed by atoms with Crippen LogP contribution in [0.5, 0.6) is 5.75 Å². The summed E-state index contributed by atoms with van der Waals surface area (Å²) in [5.74, 6) is -0.165. The van der Waals surface area contributed by atoms with Crippen LogP contribution in [-0.4, -0.2) is 43.1 Å². The van der Waals surface area contributed by atoms with E-state index in [0.29, 0.717) is 11.3 Å². The number of anilines is 1. The van der Waals surface area contributed by atoms with Crippen molar-refractivity contribution in [3.05, 3.63) is 89.0 Å². The zero-order valence-electron chi connectivity index (χ0n) is 21.9. The van der Waals surface area contributed by atoms with Crippen LogP contribution in [0.2, 0.25) is 0 Å². The van der Waals surface area contributed by atoms with E-state index in [9.17, 15) is 9.59 Å². The Morgan fingerprint density at radius 2 is 1.89 bits per heavy atom. The largest absolute Gasteiger partial charge is 0.497 e. The van der Waals surface area contributed by atoms with Crippen molar-refractivity contribution < 1.29 is 14.3 Å². The van der Waals surface area contributed by atoms with Gasteiger partial charge < -0.3 is 15.4 Å². The number of fused-ring (bicyclic) bond motifs is 1. The molecular formula is C31H34N4O3. The maximum absolute atomic E-state index is 13.0. The molecule has 0 bridgehead atoms. The molecule has 2 heterocycles. The van der Waals surface area contributed by atoms with Gasteiger partial charge in [0.1, 0.15) is 11.7 Å². The number of aliphatic imine (C=N–C) groups is 1. The minimum atomic E-state index is -0.554. The van der Waals surface area contributed by atoms with Crippen molar-refractivity contribution in [1.29, 1.82) is 0 Å². The van der Waals surface area contributed by atoms with Crippen molar-refractivity contribution in [1.82, 2.24) is 10.2 Å². The predicted octanol–water partition coefficient (Wildman–Crippen LogP) is 5.61. The van der Waals surface area contributed by atoms with Crippen molar-refractivity contribution in [2.24, 2.45) is 4.99 Å². The molecule has 3 aromatic carbocycles. The lowest BCUT2D eigenvalue weighted by molar-refractivity contribution is -0.115. The van der Waals surface area contributed by atoms with Gasteiger partial charge in [-0.05, 0) is 92.0 Å². The summed E-state index contributed by atoms with van der Waals surface area (Å²) >= 11 is 0. The van der Waals surface area contributed by atoms with E-state index in [4.69, 9.17) is 4.74 Å². The molecule has 0 aliphatic carbocycles. The second-order valence-corrected chi connectivity index (χ2v) is 10.0. The molecule has 2 unspecified atom stereocenters. The molecule has 196 valence electrons. The molecule has 5 rings (SSSR count). The number of ether oxygens (including phenoxy) is 1. The molecule has 0 radical (unpaired) electrons. The normalized spacial score (nSPS) is 18.2. The van der Waals surface area contributed by atoms with Gasteiger partial charge in [0, 0.05) is 24.0 Å². The first kappa shape index (κ1) is 25.7. The van der Waals surface area contributed by atoms with Gasteiger partial charge in [-0.2, -0.15) is 0 Å². The van der Waals surface area contributed by atoms with Crippen LogP contribution in [0.15, 0.2) is 71.7 Å². The fourth-order valence-corrected chi connectivity index (χ4v) is 5.07. The molecule has 3 aromatic rings. The summed E-state index contributed by atoms with van der Waals surface area (Å²) in [6.45, 7) is 5.22. The molecule has 2 amide bonds. The molecule has 0 spiro atoms. The number of methoxy groups -OCH3 is 1. The highest BCUT2D eigenvalue weighted by Gasteiger charge is 2.30. The Labute approximate surface area is 223 Å². The van der Waals surface area contributed by atoms with Gasteiger partial charge in [0.15, 0.2) is 0 Å². The van der Waals surface area contributed by atoms with Gasteiger partial charge >= 0.3 is 0 Å². The van der Waals surface area contributed by atoms with Crippen molar-refractivity contribution in [3.8, 4) is 5.75 Å². The number of hydrogen-bond donors (Lipinski definition) is 2. The van der Waals surface area contributed by atoms with E-state index in [1.807, 2.05) is 43.3 Å². The quantitative estimate of drug-likeness (QED) is 0.386. The summed E-state index contributed by atoms with van der Waals surface area (Å²) in [4.78, 5) is 32.8. The minimum absolute atomic E-state index is 0.146. The molecule has 0 aromatic heterocycles. The van der Waals surface area contributed by atoms with Gasteiger partial charge in [-0.25, -0.2) is 0 Å². The molecule has 38 heavy (non-hydrogen) atoms. The molecule has 2 aliphatic heterocycles. The lowest BCUT2D eigenvalue weighted by atomic mass is 9.99. The standard InChI is InChI=1S/C31H34N4O3/c1-21(23-7-6-8-26(17-23)38-2)33-30(36)24-11-14-29-27(18-24)28(31(37)34-29)19-32-25-12-9-22(10-13-25)20-35-15-4-3-5-16-35/h6-14,17-19,21,28H,3-5,15-16,20H2,1-2H3,(H,33,36)(H,34,37). The highest BCUT2D eigenvalue weighted by atomic mass is 16.5. The van der Waals surface area contributed by atoms with Gasteiger partial charge in [0.25, 0.3) is 5.91 Å². The van der Waals surface area contributed by atoms with Crippen LogP contribution >= 0.6 is 0 Å². The van der Waals surface area contributed by atoms with E-state index in [-0.39, 0.29) is 17.9 Å². The van der Waals surface area contributed by atoms with Crippen LogP contribution < -0.4 is 15.4 Å². The number of likely N-dealkylation sites (tertiary alicyclic amines) is 1. The summed E-state index contributed by atoms with van der Waals surface area (Å²) in [5.41, 5.74) is 4.98. The summed E-state index contributed by atoms with van der Waals surface area (Å²) in [7, 11) is 1.62. The first-order chi connectivity index (χ1) is 18.5. The summed E-state index contributed by atoms with van der Waals surface area (Å²) in [6.07, 6.45) is 5.55. The highest BCUT2D eigenvalue weighted by molar-refractivity contribution is 6.13. The average molecular weight is 511 g/mol. The van der Waals surface area contributed by atoms with E-state index >= 15 is 0 Å². The third-order valence-corrected chi connectivity index (χ3v) is 7.29.